The van der Waals surface area contributed by atoms with E-state index in [9.17, 15) is 9.90 Å². The van der Waals surface area contributed by atoms with E-state index in [0.717, 1.165) is 22.4 Å². The van der Waals surface area contributed by atoms with Gasteiger partial charge in [0.2, 0.25) is 0 Å². The van der Waals surface area contributed by atoms with Crippen LogP contribution in [0, 0.1) is 13.8 Å². The molecule has 0 unspecified atom stereocenters. The van der Waals surface area contributed by atoms with E-state index in [1.54, 1.807) is 0 Å². The molecule has 3 heteroatoms. The molecule has 0 aromatic heterocycles. The molecule has 0 aliphatic rings. The molecule has 98 valence electrons. The van der Waals surface area contributed by atoms with Gasteiger partial charge in [-0.15, -0.1) is 0 Å². The van der Waals surface area contributed by atoms with Gasteiger partial charge in [-0.05, 0) is 31.5 Å². The largest absolute Gasteiger partial charge is 0.479 e. The van der Waals surface area contributed by atoms with Crippen molar-refractivity contribution in [2.75, 3.05) is 5.32 Å². The highest BCUT2D eigenvalue weighted by Crippen LogP contribution is 2.20. The molecule has 2 N–H and O–H groups in total. The zero-order valence-electron chi connectivity index (χ0n) is 11.1. The third kappa shape index (κ3) is 3.35. The summed E-state index contributed by atoms with van der Waals surface area (Å²) < 4.78 is 0. The second kappa shape index (κ2) is 5.57. The van der Waals surface area contributed by atoms with Crippen molar-refractivity contribution in [2.24, 2.45) is 0 Å². The molecule has 0 aliphatic carbocycles. The fourth-order valence-electron chi connectivity index (χ4n) is 1.86. The molecule has 0 amide bonds. The number of hydrogen-bond acceptors (Lipinski definition) is 2. The molecule has 0 aliphatic heterocycles. The Morgan fingerprint density at radius 1 is 0.947 bits per heavy atom. The molecular weight excluding hydrogens is 238 g/mol. The first-order valence-corrected chi connectivity index (χ1v) is 6.19. The second-order valence-electron chi connectivity index (χ2n) is 4.69. The summed E-state index contributed by atoms with van der Waals surface area (Å²) in [7, 11) is 0. The normalized spacial score (nSPS) is 11.9. The molecule has 19 heavy (non-hydrogen) atoms. The molecule has 2 aromatic rings. The van der Waals surface area contributed by atoms with E-state index in [2.05, 4.69) is 5.32 Å². The second-order valence-corrected chi connectivity index (χ2v) is 4.69. The van der Waals surface area contributed by atoms with Crippen LogP contribution < -0.4 is 5.32 Å². The molecule has 2 rings (SSSR count). The van der Waals surface area contributed by atoms with E-state index in [-0.39, 0.29) is 0 Å². The smallest absolute Gasteiger partial charge is 0.330 e. The van der Waals surface area contributed by atoms with Gasteiger partial charge in [-0.2, -0.15) is 0 Å². The highest BCUT2D eigenvalue weighted by Gasteiger charge is 2.19. The summed E-state index contributed by atoms with van der Waals surface area (Å²) in [6.07, 6.45) is 0. The molecule has 0 saturated heterocycles. The van der Waals surface area contributed by atoms with E-state index in [0.29, 0.717) is 0 Å². The van der Waals surface area contributed by atoms with Crippen molar-refractivity contribution < 1.29 is 9.90 Å². The lowest BCUT2D eigenvalue weighted by Gasteiger charge is -2.16. The Kier molecular flexibility index (Phi) is 3.85. The van der Waals surface area contributed by atoms with Gasteiger partial charge >= 0.3 is 5.97 Å². The van der Waals surface area contributed by atoms with Gasteiger partial charge in [0.05, 0.1) is 0 Å². The Labute approximate surface area is 112 Å². The number of aliphatic carboxylic acids is 1. The Bertz CT molecular complexity index is 558. The average molecular weight is 255 g/mol. The van der Waals surface area contributed by atoms with Crippen molar-refractivity contribution in [2.45, 2.75) is 19.9 Å². The maximum Gasteiger partial charge on any atom is 0.330 e. The van der Waals surface area contributed by atoms with Crippen LogP contribution in [0.2, 0.25) is 0 Å². The Morgan fingerprint density at radius 2 is 1.42 bits per heavy atom. The number of carboxylic acid groups (broad SMARTS) is 1. The Hall–Kier alpha value is -2.29. The quantitative estimate of drug-likeness (QED) is 0.878. The molecule has 1 atom stereocenters. The molecule has 0 spiro atoms. The molecule has 0 saturated carbocycles. The number of rotatable bonds is 4. The minimum Gasteiger partial charge on any atom is -0.479 e. The Balaban J connectivity index is 2.23. The van der Waals surface area contributed by atoms with Crippen molar-refractivity contribution in [3.05, 3.63) is 65.2 Å². The van der Waals surface area contributed by atoms with Crippen LogP contribution in [-0.4, -0.2) is 11.1 Å². The van der Waals surface area contributed by atoms with Gasteiger partial charge in [0.25, 0.3) is 0 Å². The fourth-order valence-corrected chi connectivity index (χ4v) is 1.86. The lowest BCUT2D eigenvalue weighted by atomic mass is 10.0. The number of benzene rings is 2. The minimum absolute atomic E-state index is 0.733. The average Bonchev–Trinajstić information content (AvgIpc) is 2.39. The van der Waals surface area contributed by atoms with Crippen molar-refractivity contribution in [1.29, 1.82) is 0 Å². The number of nitrogens with one attached hydrogen (secondary N) is 1. The SMILES string of the molecule is Cc1ccc(N[C@H](C(=O)O)c2ccc(C)cc2)cc1. The van der Waals surface area contributed by atoms with E-state index in [1.807, 2.05) is 62.4 Å². The van der Waals surface area contributed by atoms with Gasteiger partial charge < -0.3 is 10.4 Å². The lowest BCUT2D eigenvalue weighted by molar-refractivity contribution is -0.138. The first kappa shape index (κ1) is 13.1. The molecule has 0 fully saturated rings. The summed E-state index contributed by atoms with van der Waals surface area (Å²) in [5.74, 6) is -0.885. The van der Waals surface area contributed by atoms with E-state index in [4.69, 9.17) is 0 Å². The predicted molar refractivity (Wildman–Crippen MR) is 76.4 cm³/mol. The third-order valence-electron chi connectivity index (χ3n) is 3.02. The number of carboxylic acids is 1. The van der Waals surface area contributed by atoms with Crippen LogP contribution in [-0.2, 0) is 4.79 Å². The summed E-state index contributed by atoms with van der Waals surface area (Å²) in [6, 6.07) is 14.5. The summed E-state index contributed by atoms with van der Waals surface area (Å²) in [6.45, 7) is 3.98. The zero-order chi connectivity index (χ0) is 13.8. The number of hydrogen-bond donors (Lipinski definition) is 2. The van der Waals surface area contributed by atoms with Crippen LogP contribution >= 0.6 is 0 Å². The van der Waals surface area contributed by atoms with Gasteiger partial charge in [-0.1, -0.05) is 47.5 Å². The summed E-state index contributed by atoms with van der Waals surface area (Å²) in [5, 5.41) is 12.4. The van der Waals surface area contributed by atoms with Crippen LogP contribution in [0.15, 0.2) is 48.5 Å². The lowest BCUT2D eigenvalue weighted by Crippen LogP contribution is -2.20. The maximum absolute atomic E-state index is 11.4. The topological polar surface area (TPSA) is 49.3 Å². The first-order valence-electron chi connectivity index (χ1n) is 6.19. The number of carbonyl (C=O) groups is 1. The van der Waals surface area contributed by atoms with Crippen LogP contribution in [0.3, 0.4) is 0 Å². The van der Waals surface area contributed by atoms with Gasteiger partial charge in [-0.3, -0.25) is 0 Å². The molecule has 2 aromatic carbocycles. The predicted octanol–water partition coefficient (Wildman–Crippen LogP) is 3.54. The third-order valence-corrected chi connectivity index (χ3v) is 3.02. The molecule has 0 heterocycles. The highest BCUT2D eigenvalue weighted by molar-refractivity contribution is 5.79. The maximum atomic E-state index is 11.4. The van der Waals surface area contributed by atoms with E-state index < -0.39 is 12.0 Å². The fraction of sp³-hybridized carbons (Fsp3) is 0.188. The first-order chi connectivity index (χ1) is 9.06. The standard InChI is InChI=1S/C16H17NO2/c1-11-3-7-13(8-4-11)15(16(18)19)17-14-9-5-12(2)6-10-14/h3-10,15,17H,1-2H3,(H,18,19)/t15-/m0/s1. The van der Waals surface area contributed by atoms with Crippen LogP contribution in [0.5, 0.6) is 0 Å². The van der Waals surface area contributed by atoms with Crippen LogP contribution in [0.25, 0.3) is 0 Å². The summed E-state index contributed by atoms with van der Waals surface area (Å²) >= 11 is 0. The highest BCUT2D eigenvalue weighted by atomic mass is 16.4. The molecule has 0 bridgehead atoms. The Morgan fingerprint density at radius 3 is 1.89 bits per heavy atom. The van der Waals surface area contributed by atoms with Gasteiger partial charge in [0, 0.05) is 5.69 Å². The molecule has 0 radical (unpaired) electrons. The number of aryl methyl sites for hydroxylation is 2. The number of anilines is 1. The van der Waals surface area contributed by atoms with E-state index >= 15 is 0 Å². The van der Waals surface area contributed by atoms with Crippen molar-refractivity contribution in [3.8, 4) is 0 Å². The van der Waals surface area contributed by atoms with Crippen molar-refractivity contribution in [1.82, 2.24) is 0 Å². The van der Waals surface area contributed by atoms with Crippen molar-refractivity contribution >= 4 is 11.7 Å². The molecule has 3 nitrogen and oxygen atoms in total. The van der Waals surface area contributed by atoms with Gasteiger partial charge in [0.15, 0.2) is 6.04 Å². The zero-order valence-corrected chi connectivity index (χ0v) is 11.1. The van der Waals surface area contributed by atoms with Crippen LogP contribution in [0.1, 0.15) is 22.7 Å². The van der Waals surface area contributed by atoms with Crippen molar-refractivity contribution in [3.63, 3.8) is 0 Å². The van der Waals surface area contributed by atoms with Gasteiger partial charge in [0.1, 0.15) is 0 Å². The minimum atomic E-state index is -0.885. The van der Waals surface area contributed by atoms with E-state index in [1.165, 1.54) is 0 Å². The monoisotopic (exact) mass is 255 g/mol. The van der Waals surface area contributed by atoms with Crippen LogP contribution in [0.4, 0.5) is 5.69 Å². The summed E-state index contributed by atoms with van der Waals surface area (Å²) in [4.78, 5) is 11.4. The van der Waals surface area contributed by atoms with Gasteiger partial charge in [-0.25, -0.2) is 4.79 Å². The molecular formula is C16H17NO2. The summed E-state index contributed by atoms with van der Waals surface area (Å²) in [5.41, 5.74) is 3.81.